The van der Waals surface area contributed by atoms with Crippen molar-refractivity contribution in [1.82, 2.24) is 9.62 Å². The average molecular weight is 450 g/mol. The molecule has 2 rings (SSSR count). The summed E-state index contributed by atoms with van der Waals surface area (Å²) >= 11 is 0. The van der Waals surface area contributed by atoms with Crippen molar-refractivity contribution >= 4 is 21.8 Å². The van der Waals surface area contributed by atoms with E-state index < -0.39 is 27.8 Å². The van der Waals surface area contributed by atoms with Crippen molar-refractivity contribution in [3.8, 4) is 0 Å². The monoisotopic (exact) mass is 449 g/mol. The molecular weight excluding hydrogens is 421 g/mol. The van der Waals surface area contributed by atoms with E-state index in [4.69, 9.17) is 5.73 Å². The number of nitrogens with zero attached hydrogens (tertiary/aromatic N) is 1. The van der Waals surface area contributed by atoms with Crippen LogP contribution in [-0.2, 0) is 21.2 Å². The number of carbonyl (C=O) groups is 2. The van der Waals surface area contributed by atoms with Crippen LogP contribution in [0.3, 0.4) is 0 Å². The Morgan fingerprint density at radius 2 is 1.71 bits per heavy atom. The summed E-state index contributed by atoms with van der Waals surface area (Å²) in [5.41, 5.74) is 6.87. The number of nitrogens with two attached hydrogens (primary N) is 1. The number of hydrogen-bond acceptors (Lipinski definition) is 4. The normalized spacial score (nSPS) is 12.5. The number of aryl methyl sites for hydroxylation is 1. The highest BCUT2D eigenvalue weighted by atomic mass is 32.2. The number of benzene rings is 2. The van der Waals surface area contributed by atoms with Crippen LogP contribution in [0.15, 0.2) is 47.4 Å². The van der Waals surface area contributed by atoms with E-state index in [2.05, 4.69) is 5.32 Å². The maximum Gasteiger partial charge on any atom is 0.251 e. The lowest BCUT2D eigenvalue weighted by atomic mass is 9.98. The zero-order chi connectivity index (χ0) is 23.2. The first-order valence-corrected chi connectivity index (χ1v) is 11.5. The third-order valence-electron chi connectivity index (χ3n) is 5.08. The van der Waals surface area contributed by atoms with Gasteiger partial charge in [0.25, 0.3) is 5.91 Å². The fraction of sp³-hybridized carbons (Fsp3) is 0.364. The number of primary amides is 1. The van der Waals surface area contributed by atoms with E-state index in [1.165, 1.54) is 28.6 Å². The van der Waals surface area contributed by atoms with Gasteiger partial charge >= 0.3 is 0 Å². The molecule has 0 heterocycles. The van der Waals surface area contributed by atoms with E-state index in [-0.39, 0.29) is 29.2 Å². The fourth-order valence-corrected chi connectivity index (χ4v) is 4.93. The average Bonchev–Trinajstić information content (AvgIpc) is 2.72. The Labute approximate surface area is 182 Å². The molecule has 0 aromatic heterocycles. The summed E-state index contributed by atoms with van der Waals surface area (Å²) < 4.78 is 40.2. The second-order valence-electron chi connectivity index (χ2n) is 7.21. The fourth-order valence-electron chi connectivity index (χ4n) is 3.22. The minimum atomic E-state index is -3.73. The Bertz CT molecular complexity index is 1040. The van der Waals surface area contributed by atoms with Gasteiger partial charge in [-0.25, -0.2) is 12.8 Å². The van der Waals surface area contributed by atoms with Crippen LogP contribution in [0.5, 0.6) is 0 Å². The predicted octanol–water partition coefficient (Wildman–Crippen LogP) is 2.24. The van der Waals surface area contributed by atoms with Gasteiger partial charge in [-0.05, 0) is 48.7 Å². The van der Waals surface area contributed by atoms with Gasteiger partial charge in [-0.3, -0.25) is 9.59 Å². The molecule has 0 aliphatic heterocycles. The van der Waals surface area contributed by atoms with E-state index in [9.17, 15) is 22.4 Å². The molecule has 0 aliphatic rings. The molecule has 31 heavy (non-hydrogen) atoms. The van der Waals surface area contributed by atoms with Crippen molar-refractivity contribution in [2.45, 2.75) is 32.1 Å². The Kier molecular flexibility index (Phi) is 8.29. The summed E-state index contributed by atoms with van der Waals surface area (Å²) in [5, 5.41) is 2.65. The molecule has 7 nitrogen and oxygen atoms in total. The molecule has 0 aliphatic carbocycles. The molecule has 0 saturated carbocycles. The van der Waals surface area contributed by atoms with E-state index in [1.54, 1.807) is 39.0 Å². The standard InChI is InChI=1S/C22H28FN3O4S/c1-4-26(5-2)31(29,30)20-13-17(9-6-15(20)3)22(28)25-14-18(21(24)27)12-16-7-10-19(23)11-8-16/h6-11,13,18H,4-5,12,14H2,1-3H3,(H2,24,27)(H,25,28). The number of carbonyl (C=O) groups excluding carboxylic acids is 2. The van der Waals surface area contributed by atoms with Crippen molar-refractivity contribution < 1.29 is 22.4 Å². The van der Waals surface area contributed by atoms with Crippen LogP contribution in [0.4, 0.5) is 4.39 Å². The first-order chi connectivity index (χ1) is 14.6. The minimum absolute atomic E-state index is 0.0302. The van der Waals surface area contributed by atoms with Crippen LogP contribution in [0, 0.1) is 18.7 Å². The van der Waals surface area contributed by atoms with Gasteiger partial charge in [0.2, 0.25) is 15.9 Å². The summed E-state index contributed by atoms with van der Waals surface area (Å²) in [6.07, 6.45) is 0.241. The smallest absolute Gasteiger partial charge is 0.251 e. The molecular formula is C22H28FN3O4S. The van der Waals surface area contributed by atoms with Crippen LogP contribution in [0.25, 0.3) is 0 Å². The van der Waals surface area contributed by atoms with Gasteiger partial charge in [0, 0.05) is 25.2 Å². The van der Waals surface area contributed by atoms with Crippen molar-refractivity contribution in [3.63, 3.8) is 0 Å². The molecule has 2 aromatic rings. The molecule has 0 bridgehead atoms. The molecule has 0 saturated heterocycles. The van der Waals surface area contributed by atoms with E-state index in [1.807, 2.05) is 0 Å². The first kappa shape index (κ1) is 24.5. The maximum absolute atomic E-state index is 13.1. The number of sulfonamides is 1. The second-order valence-corrected chi connectivity index (χ2v) is 9.12. The summed E-state index contributed by atoms with van der Waals surface area (Å²) in [7, 11) is -3.73. The van der Waals surface area contributed by atoms with Crippen LogP contribution in [-0.4, -0.2) is 44.2 Å². The van der Waals surface area contributed by atoms with Crippen molar-refractivity contribution in [1.29, 1.82) is 0 Å². The Hall–Kier alpha value is -2.78. The van der Waals surface area contributed by atoms with Gasteiger partial charge in [0.15, 0.2) is 0 Å². The summed E-state index contributed by atoms with van der Waals surface area (Å²) in [6.45, 7) is 5.77. The van der Waals surface area contributed by atoms with Crippen LogP contribution < -0.4 is 11.1 Å². The lowest BCUT2D eigenvalue weighted by Gasteiger charge is -2.20. The Morgan fingerprint density at radius 3 is 2.26 bits per heavy atom. The summed E-state index contributed by atoms with van der Waals surface area (Å²) in [4.78, 5) is 24.5. The quantitative estimate of drug-likeness (QED) is 0.580. The van der Waals surface area contributed by atoms with Crippen molar-refractivity contribution in [2.24, 2.45) is 11.7 Å². The van der Waals surface area contributed by atoms with Crippen molar-refractivity contribution in [2.75, 3.05) is 19.6 Å². The van der Waals surface area contributed by atoms with Crippen LogP contribution >= 0.6 is 0 Å². The van der Waals surface area contributed by atoms with Crippen LogP contribution in [0.2, 0.25) is 0 Å². The number of halogens is 1. The number of amides is 2. The minimum Gasteiger partial charge on any atom is -0.369 e. The highest BCUT2D eigenvalue weighted by Gasteiger charge is 2.25. The van der Waals surface area contributed by atoms with Gasteiger partial charge < -0.3 is 11.1 Å². The SMILES string of the molecule is CCN(CC)S(=O)(=O)c1cc(C(=O)NCC(Cc2ccc(F)cc2)C(N)=O)ccc1C. The number of rotatable bonds is 10. The number of nitrogens with one attached hydrogen (secondary N) is 1. The lowest BCUT2D eigenvalue weighted by molar-refractivity contribution is -0.121. The van der Waals surface area contributed by atoms with E-state index in [0.717, 1.165) is 0 Å². The zero-order valence-electron chi connectivity index (χ0n) is 17.9. The molecule has 2 amide bonds. The third-order valence-corrected chi connectivity index (χ3v) is 7.27. The van der Waals surface area contributed by atoms with Gasteiger partial charge in [0.05, 0.1) is 10.8 Å². The second kappa shape index (κ2) is 10.5. The lowest BCUT2D eigenvalue weighted by Crippen LogP contribution is -2.37. The first-order valence-electron chi connectivity index (χ1n) is 10.0. The Balaban J connectivity index is 2.17. The maximum atomic E-state index is 13.1. The molecule has 0 radical (unpaired) electrons. The molecule has 2 aromatic carbocycles. The topological polar surface area (TPSA) is 110 Å². The zero-order valence-corrected chi connectivity index (χ0v) is 18.7. The van der Waals surface area contributed by atoms with Gasteiger partial charge in [-0.2, -0.15) is 4.31 Å². The highest BCUT2D eigenvalue weighted by molar-refractivity contribution is 7.89. The summed E-state index contributed by atoms with van der Waals surface area (Å²) in [6, 6.07) is 10.1. The molecule has 3 N–H and O–H groups in total. The highest BCUT2D eigenvalue weighted by Crippen LogP contribution is 2.21. The van der Waals surface area contributed by atoms with E-state index in [0.29, 0.717) is 24.2 Å². The van der Waals surface area contributed by atoms with Gasteiger partial charge in [-0.1, -0.05) is 32.0 Å². The van der Waals surface area contributed by atoms with Crippen LogP contribution in [0.1, 0.15) is 35.3 Å². The summed E-state index contributed by atoms with van der Waals surface area (Å²) in [5.74, 6) is -2.19. The molecule has 0 spiro atoms. The molecule has 168 valence electrons. The third kappa shape index (κ3) is 6.11. The molecule has 0 fully saturated rings. The largest absolute Gasteiger partial charge is 0.369 e. The van der Waals surface area contributed by atoms with Gasteiger partial charge in [0.1, 0.15) is 5.82 Å². The Morgan fingerprint density at radius 1 is 1.10 bits per heavy atom. The molecule has 1 unspecified atom stereocenters. The molecule has 1 atom stereocenters. The molecule has 9 heteroatoms. The predicted molar refractivity (Wildman–Crippen MR) is 116 cm³/mol. The van der Waals surface area contributed by atoms with Gasteiger partial charge in [-0.15, -0.1) is 0 Å². The van der Waals surface area contributed by atoms with Crippen molar-refractivity contribution in [3.05, 3.63) is 65.0 Å². The van der Waals surface area contributed by atoms with E-state index >= 15 is 0 Å². The number of hydrogen-bond donors (Lipinski definition) is 2.